The molecule has 2 amide bonds. The number of benzene rings is 5. The Labute approximate surface area is 261 Å². The van der Waals surface area contributed by atoms with Gasteiger partial charge in [-0.3, -0.25) is 9.59 Å². The predicted molar refractivity (Wildman–Crippen MR) is 171 cm³/mol. The van der Waals surface area contributed by atoms with E-state index in [-0.39, 0.29) is 0 Å². The van der Waals surface area contributed by atoms with Gasteiger partial charge in [-0.2, -0.15) is 0 Å². The molecule has 0 unspecified atom stereocenters. The number of ether oxygens (including phenoxy) is 2. The Morgan fingerprint density at radius 3 is 1.04 bits per heavy atom. The number of carboxylic acids is 2. The number of nitrogen functional groups attached to an aromatic ring is 2. The van der Waals surface area contributed by atoms with E-state index in [9.17, 15) is 29.4 Å². The van der Waals surface area contributed by atoms with E-state index in [1.165, 1.54) is 24.3 Å². The molecule has 12 nitrogen and oxygen atoms in total. The number of carbonyl (C=O) groups excluding carboxylic acids is 2. The molecule has 0 radical (unpaired) electrons. The maximum Gasteiger partial charge on any atom is 0.336 e. The number of hydrogen-bond acceptors (Lipinski definition) is 8. The fraction of sp³-hybridized carbons (Fsp3) is 0. The molecule has 5 aromatic carbocycles. The molecule has 5 rings (SSSR count). The zero-order valence-corrected chi connectivity index (χ0v) is 23.9. The van der Waals surface area contributed by atoms with Crippen molar-refractivity contribution >= 4 is 46.5 Å². The molecule has 5 aromatic rings. The van der Waals surface area contributed by atoms with Crippen molar-refractivity contribution in [2.24, 2.45) is 0 Å². The Morgan fingerprint density at radius 1 is 0.457 bits per heavy atom. The molecule has 0 aromatic heterocycles. The molecule has 0 bridgehead atoms. The lowest BCUT2D eigenvalue weighted by molar-refractivity contribution is 0.0690. The second-order valence-corrected chi connectivity index (χ2v) is 9.85. The van der Waals surface area contributed by atoms with E-state index in [1.54, 1.807) is 72.8 Å². The third-order valence-electron chi connectivity index (χ3n) is 6.56. The number of carboxylic acid groups (broad SMARTS) is 2. The third-order valence-corrected chi connectivity index (χ3v) is 6.56. The van der Waals surface area contributed by atoms with Crippen molar-refractivity contribution in [3.8, 4) is 23.0 Å². The number of nitrogens with one attached hydrogen (secondary N) is 2. The molecule has 8 N–H and O–H groups in total. The van der Waals surface area contributed by atoms with Gasteiger partial charge >= 0.3 is 11.9 Å². The van der Waals surface area contributed by atoms with E-state index in [0.29, 0.717) is 45.7 Å². The van der Waals surface area contributed by atoms with Crippen LogP contribution in [0.2, 0.25) is 0 Å². The highest BCUT2D eigenvalue weighted by Crippen LogP contribution is 2.27. The summed E-state index contributed by atoms with van der Waals surface area (Å²) >= 11 is 0. The van der Waals surface area contributed by atoms with Gasteiger partial charge in [-0.15, -0.1) is 0 Å². The highest BCUT2D eigenvalue weighted by molar-refractivity contribution is 6.16. The maximum absolute atomic E-state index is 13.3. The Bertz CT molecular complexity index is 1790. The van der Waals surface area contributed by atoms with Gasteiger partial charge in [0.25, 0.3) is 11.8 Å². The minimum absolute atomic E-state index is 0.292. The van der Waals surface area contributed by atoms with Crippen LogP contribution in [0.1, 0.15) is 41.4 Å². The van der Waals surface area contributed by atoms with Gasteiger partial charge in [-0.1, -0.05) is 0 Å². The van der Waals surface area contributed by atoms with Gasteiger partial charge in [0.1, 0.15) is 23.0 Å². The Morgan fingerprint density at radius 2 is 0.739 bits per heavy atom. The largest absolute Gasteiger partial charge is 0.478 e. The molecule has 0 aliphatic heterocycles. The number of anilines is 4. The van der Waals surface area contributed by atoms with Gasteiger partial charge < -0.3 is 41.8 Å². The van der Waals surface area contributed by atoms with Crippen LogP contribution < -0.4 is 31.6 Å². The van der Waals surface area contributed by atoms with Crippen LogP contribution in [0.4, 0.5) is 22.7 Å². The highest BCUT2D eigenvalue weighted by Gasteiger charge is 2.26. The van der Waals surface area contributed by atoms with Crippen molar-refractivity contribution in [1.29, 1.82) is 0 Å². The van der Waals surface area contributed by atoms with Crippen molar-refractivity contribution in [2.75, 3.05) is 22.1 Å². The fourth-order valence-corrected chi connectivity index (χ4v) is 4.28. The zero-order valence-electron chi connectivity index (χ0n) is 23.9. The maximum atomic E-state index is 13.3. The van der Waals surface area contributed by atoms with Gasteiger partial charge in [-0.05, 0) is 109 Å². The third kappa shape index (κ3) is 7.38. The number of rotatable bonds is 10. The topological polar surface area (TPSA) is 203 Å². The van der Waals surface area contributed by atoms with E-state index in [2.05, 4.69) is 10.6 Å². The van der Waals surface area contributed by atoms with Crippen LogP contribution in [-0.4, -0.2) is 34.0 Å². The first-order chi connectivity index (χ1) is 22.0. The first-order valence-corrected chi connectivity index (χ1v) is 13.6. The number of carbonyl (C=O) groups is 4. The summed E-state index contributed by atoms with van der Waals surface area (Å²) in [6, 6.07) is 27.7. The molecule has 12 heteroatoms. The smallest absolute Gasteiger partial charge is 0.336 e. The summed E-state index contributed by atoms with van der Waals surface area (Å²) in [5.41, 5.74) is 11.1. The molecule has 0 heterocycles. The summed E-state index contributed by atoms with van der Waals surface area (Å²) in [7, 11) is 0. The second kappa shape index (κ2) is 13.2. The second-order valence-electron chi connectivity index (χ2n) is 9.85. The fourth-order valence-electron chi connectivity index (χ4n) is 4.28. The van der Waals surface area contributed by atoms with Gasteiger partial charge in [0.05, 0.1) is 22.3 Å². The van der Waals surface area contributed by atoms with Crippen LogP contribution in [-0.2, 0) is 0 Å². The quantitative estimate of drug-likeness (QED) is 0.0959. The summed E-state index contributed by atoms with van der Waals surface area (Å²) in [6.07, 6.45) is 0. The molecule has 0 fully saturated rings. The lowest BCUT2D eigenvalue weighted by Gasteiger charge is -2.14. The molecule has 0 spiro atoms. The normalized spacial score (nSPS) is 10.4. The lowest BCUT2D eigenvalue weighted by atomic mass is 9.96. The molecular weight excluding hydrogens is 592 g/mol. The average Bonchev–Trinajstić information content (AvgIpc) is 3.04. The van der Waals surface area contributed by atoms with Crippen LogP contribution in [0.5, 0.6) is 23.0 Å². The summed E-state index contributed by atoms with van der Waals surface area (Å²) in [5.74, 6) is -2.84. The standard InChI is InChI=1S/C34H26N4O8/c35-19-1-9-23(10-2-19)45-25-13-5-21(6-14-25)37-31(39)27-17-28(30(34(43)44)18-29(27)33(41)42)32(40)38-22-7-15-26(16-8-22)46-24-11-3-20(36)4-12-24/h1-18H,35-36H2,(H,37,39)(H,38,40)(H,41,42)(H,43,44). The van der Waals surface area contributed by atoms with Gasteiger partial charge in [0.15, 0.2) is 0 Å². The van der Waals surface area contributed by atoms with E-state index in [4.69, 9.17) is 20.9 Å². The molecule has 0 atom stereocenters. The van der Waals surface area contributed by atoms with Crippen molar-refractivity contribution in [2.45, 2.75) is 0 Å². The summed E-state index contributed by atoms with van der Waals surface area (Å²) in [5, 5.41) is 24.7. The highest BCUT2D eigenvalue weighted by atomic mass is 16.5. The molecule has 46 heavy (non-hydrogen) atoms. The lowest BCUT2D eigenvalue weighted by Crippen LogP contribution is -2.22. The minimum atomic E-state index is -1.55. The number of nitrogens with two attached hydrogens (primary N) is 2. The molecule has 230 valence electrons. The Balaban J connectivity index is 1.34. The van der Waals surface area contributed by atoms with Gasteiger partial charge in [0, 0.05) is 22.7 Å². The van der Waals surface area contributed by atoms with Crippen LogP contribution in [0.3, 0.4) is 0 Å². The van der Waals surface area contributed by atoms with Crippen LogP contribution in [0.15, 0.2) is 109 Å². The number of amides is 2. The molecule has 0 saturated heterocycles. The molecule has 0 aliphatic rings. The van der Waals surface area contributed by atoms with E-state index < -0.39 is 46.0 Å². The summed E-state index contributed by atoms with van der Waals surface area (Å²) in [6.45, 7) is 0. The van der Waals surface area contributed by atoms with Crippen molar-refractivity contribution in [1.82, 2.24) is 0 Å². The van der Waals surface area contributed by atoms with E-state index in [1.807, 2.05) is 0 Å². The first-order valence-electron chi connectivity index (χ1n) is 13.6. The minimum Gasteiger partial charge on any atom is -0.478 e. The average molecular weight is 619 g/mol. The van der Waals surface area contributed by atoms with E-state index >= 15 is 0 Å². The van der Waals surface area contributed by atoms with Crippen LogP contribution in [0.25, 0.3) is 0 Å². The monoisotopic (exact) mass is 618 g/mol. The first kappa shape index (κ1) is 30.6. The Kier molecular flexibility index (Phi) is 8.80. The van der Waals surface area contributed by atoms with Crippen molar-refractivity contribution < 1.29 is 38.9 Å². The molecular formula is C34H26N4O8. The SMILES string of the molecule is Nc1ccc(Oc2ccc(NC(=O)c3cc(C(=O)Nc4ccc(Oc5ccc(N)cc5)cc4)c(C(=O)O)cc3C(=O)O)cc2)cc1. The number of hydrogen-bond donors (Lipinski definition) is 6. The van der Waals surface area contributed by atoms with Gasteiger partial charge in [0.2, 0.25) is 0 Å². The van der Waals surface area contributed by atoms with Crippen LogP contribution >= 0.6 is 0 Å². The molecule has 0 aliphatic carbocycles. The van der Waals surface area contributed by atoms with E-state index in [0.717, 1.165) is 12.1 Å². The van der Waals surface area contributed by atoms with Crippen molar-refractivity contribution in [3.63, 3.8) is 0 Å². The summed E-state index contributed by atoms with van der Waals surface area (Å²) in [4.78, 5) is 50.6. The molecule has 0 saturated carbocycles. The Hall–Kier alpha value is -6.82. The zero-order chi connectivity index (χ0) is 32.8. The summed E-state index contributed by atoms with van der Waals surface area (Å²) < 4.78 is 11.5. The van der Waals surface area contributed by atoms with Gasteiger partial charge in [-0.25, -0.2) is 9.59 Å². The predicted octanol–water partition coefficient (Wildman–Crippen LogP) is 6.34. The van der Waals surface area contributed by atoms with Crippen molar-refractivity contribution in [3.05, 3.63) is 131 Å². The van der Waals surface area contributed by atoms with Crippen LogP contribution in [0, 0.1) is 0 Å². The number of aromatic carboxylic acids is 2.